The molecular formula is C8H8FN3O. The van der Waals surface area contributed by atoms with E-state index in [0.717, 1.165) is 0 Å². The lowest BCUT2D eigenvalue weighted by Gasteiger charge is -1.92. The Morgan fingerprint density at radius 3 is 3.00 bits per heavy atom. The number of nitrogens with one attached hydrogen (secondary N) is 1. The Labute approximate surface area is 74.5 Å². The van der Waals surface area contributed by atoms with Crippen LogP contribution in [-0.4, -0.2) is 17.1 Å². The van der Waals surface area contributed by atoms with Gasteiger partial charge in [-0.1, -0.05) is 0 Å². The molecule has 68 valence electrons. The van der Waals surface area contributed by atoms with Crippen LogP contribution in [0.3, 0.4) is 0 Å². The van der Waals surface area contributed by atoms with Gasteiger partial charge in [-0.3, -0.25) is 4.79 Å². The first-order valence-electron chi connectivity index (χ1n) is 3.59. The quantitative estimate of drug-likeness (QED) is 0.414. The van der Waals surface area contributed by atoms with Crippen molar-refractivity contribution in [3.8, 4) is 0 Å². The Kier molecular flexibility index (Phi) is 3.08. The fourth-order valence-electron chi connectivity index (χ4n) is 0.661. The van der Waals surface area contributed by atoms with Crippen LogP contribution in [0.1, 0.15) is 12.5 Å². The van der Waals surface area contributed by atoms with Gasteiger partial charge in [0.2, 0.25) is 11.9 Å². The van der Waals surface area contributed by atoms with Crippen molar-refractivity contribution in [2.24, 2.45) is 5.10 Å². The molecule has 0 aliphatic rings. The molecule has 1 aromatic heterocycles. The van der Waals surface area contributed by atoms with E-state index in [1.165, 1.54) is 31.5 Å². The third-order valence-electron chi connectivity index (χ3n) is 1.19. The topological polar surface area (TPSA) is 54.4 Å². The smallest absolute Gasteiger partial charge is 0.236 e. The molecule has 1 N–H and O–H groups in total. The summed E-state index contributed by atoms with van der Waals surface area (Å²) >= 11 is 0. The Hall–Kier alpha value is -1.78. The highest BCUT2D eigenvalue weighted by Crippen LogP contribution is 1.94. The largest absolute Gasteiger partial charge is 0.274 e. The maximum absolute atomic E-state index is 12.3. The van der Waals surface area contributed by atoms with E-state index in [1.807, 2.05) is 0 Å². The highest BCUT2D eigenvalue weighted by Gasteiger charge is 1.90. The first-order chi connectivity index (χ1) is 6.18. The summed E-state index contributed by atoms with van der Waals surface area (Å²) in [6.07, 6.45) is 2.70. The van der Waals surface area contributed by atoms with Gasteiger partial charge in [-0.25, -0.2) is 10.4 Å². The minimum Gasteiger partial charge on any atom is -0.274 e. The third-order valence-corrected chi connectivity index (χ3v) is 1.19. The van der Waals surface area contributed by atoms with Crippen LogP contribution in [0, 0.1) is 5.95 Å². The van der Waals surface area contributed by atoms with Gasteiger partial charge in [0.05, 0.1) is 6.21 Å². The SMILES string of the molecule is CC(=O)N/N=C/c1ccc(F)nc1. The molecule has 0 bridgehead atoms. The van der Waals surface area contributed by atoms with Gasteiger partial charge >= 0.3 is 0 Å². The third kappa shape index (κ3) is 3.42. The van der Waals surface area contributed by atoms with Crippen LogP contribution in [0.25, 0.3) is 0 Å². The van der Waals surface area contributed by atoms with E-state index < -0.39 is 5.95 Å². The summed E-state index contributed by atoms with van der Waals surface area (Å²) in [6, 6.07) is 2.72. The van der Waals surface area contributed by atoms with Gasteiger partial charge in [0.25, 0.3) is 0 Å². The van der Waals surface area contributed by atoms with Gasteiger partial charge < -0.3 is 0 Å². The zero-order valence-electron chi connectivity index (χ0n) is 6.99. The maximum Gasteiger partial charge on any atom is 0.236 e. The molecule has 0 saturated carbocycles. The lowest BCUT2D eigenvalue weighted by atomic mass is 10.3. The van der Waals surface area contributed by atoms with Crippen molar-refractivity contribution >= 4 is 12.1 Å². The number of pyridine rings is 1. The molecule has 0 aromatic carbocycles. The maximum atomic E-state index is 12.3. The van der Waals surface area contributed by atoms with E-state index in [1.54, 1.807) is 0 Å². The molecule has 0 unspecified atom stereocenters. The number of rotatable bonds is 2. The molecule has 1 amide bonds. The van der Waals surface area contributed by atoms with Gasteiger partial charge in [-0.2, -0.15) is 9.49 Å². The van der Waals surface area contributed by atoms with Crippen molar-refractivity contribution < 1.29 is 9.18 Å². The van der Waals surface area contributed by atoms with Crippen LogP contribution in [0.15, 0.2) is 23.4 Å². The van der Waals surface area contributed by atoms with Crippen LogP contribution in [0.4, 0.5) is 4.39 Å². The van der Waals surface area contributed by atoms with Crippen molar-refractivity contribution in [2.45, 2.75) is 6.92 Å². The minimum absolute atomic E-state index is 0.258. The van der Waals surface area contributed by atoms with Gasteiger partial charge in [0.15, 0.2) is 0 Å². The summed E-state index contributed by atoms with van der Waals surface area (Å²) < 4.78 is 12.3. The molecule has 0 atom stereocenters. The molecule has 1 rings (SSSR count). The Balaban J connectivity index is 2.59. The summed E-state index contributed by atoms with van der Waals surface area (Å²) in [5.74, 6) is -0.803. The normalized spacial score (nSPS) is 10.3. The number of carbonyl (C=O) groups excluding carboxylic acids is 1. The highest BCUT2D eigenvalue weighted by atomic mass is 19.1. The average Bonchev–Trinajstić information content (AvgIpc) is 2.08. The standard InChI is InChI=1S/C8H8FN3O/c1-6(13)12-11-5-7-2-3-8(9)10-4-7/h2-5H,1H3,(H,12,13)/b11-5+. The van der Waals surface area contributed by atoms with Crippen molar-refractivity contribution in [1.29, 1.82) is 0 Å². The number of nitrogens with zero attached hydrogens (tertiary/aromatic N) is 2. The molecule has 5 heteroatoms. The predicted octanol–water partition coefficient (Wildman–Crippen LogP) is 0.691. The zero-order chi connectivity index (χ0) is 9.68. The second-order valence-electron chi connectivity index (χ2n) is 2.34. The molecule has 13 heavy (non-hydrogen) atoms. The average molecular weight is 181 g/mol. The van der Waals surface area contributed by atoms with Crippen LogP contribution in [-0.2, 0) is 4.79 Å². The van der Waals surface area contributed by atoms with Crippen LogP contribution in [0.5, 0.6) is 0 Å². The second kappa shape index (κ2) is 4.30. The first kappa shape index (κ1) is 9.31. The Morgan fingerprint density at radius 1 is 1.69 bits per heavy atom. The summed E-state index contributed by atoms with van der Waals surface area (Å²) in [4.78, 5) is 13.8. The van der Waals surface area contributed by atoms with E-state index in [2.05, 4.69) is 15.5 Å². The van der Waals surface area contributed by atoms with E-state index in [0.29, 0.717) is 5.56 Å². The summed E-state index contributed by atoms with van der Waals surface area (Å²) in [5.41, 5.74) is 2.84. The molecule has 0 spiro atoms. The van der Waals surface area contributed by atoms with Crippen molar-refractivity contribution in [3.05, 3.63) is 29.8 Å². The minimum atomic E-state index is -0.545. The lowest BCUT2D eigenvalue weighted by molar-refractivity contribution is -0.118. The van der Waals surface area contributed by atoms with E-state index >= 15 is 0 Å². The molecule has 0 aliphatic heterocycles. The molecular weight excluding hydrogens is 173 g/mol. The van der Waals surface area contributed by atoms with Gasteiger partial charge in [-0.05, 0) is 12.1 Å². The first-order valence-corrected chi connectivity index (χ1v) is 3.59. The molecule has 0 radical (unpaired) electrons. The van der Waals surface area contributed by atoms with Gasteiger partial charge in [0, 0.05) is 18.7 Å². The number of amides is 1. The van der Waals surface area contributed by atoms with Crippen LogP contribution < -0.4 is 5.43 Å². The Bertz CT molecular complexity index is 321. The molecule has 1 heterocycles. The number of hydrogen-bond acceptors (Lipinski definition) is 3. The monoisotopic (exact) mass is 181 g/mol. The van der Waals surface area contributed by atoms with Crippen molar-refractivity contribution in [1.82, 2.24) is 10.4 Å². The fraction of sp³-hybridized carbons (Fsp3) is 0.125. The number of hydrazone groups is 1. The molecule has 0 aliphatic carbocycles. The van der Waals surface area contributed by atoms with Crippen LogP contribution >= 0.6 is 0 Å². The summed E-state index contributed by atoms with van der Waals surface area (Å²) in [7, 11) is 0. The van der Waals surface area contributed by atoms with E-state index in [-0.39, 0.29) is 5.91 Å². The molecule has 4 nitrogen and oxygen atoms in total. The summed E-state index contributed by atoms with van der Waals surface area (Å²) in [5, 5.41) is 3.58. The summed E-state index contributed by atoms with van der Waals surface area (Å²) in [6.45, 7) is 1.35. The fourth-order valence-corrected chi connectivity index (χ4v) is 0.661. The predicted molar refractivity (Wildman–Crippen MR) is 45.6 cm³/mol. The van der Waals surface area contributed by atoms with Gasteiger partial charge in [0.1, 0.15) is 0 Å². The number of carbonyl (C=O) groups is 1. The Morgan fingerprint density at radius 2 is 2.46 bits per heavy atom. The van der Waals surface area contributed by atoms with E-state index in [4.69, 9.17) is 0 Å². The molecule has 0 saturated heterocycles. The van der Waals surface area contributed by atoms with Crippen molar-refractivity contribution in [3.63, 3.8) is 0 Å². The second-order valence-corrected chi connectivity index (χ2v) is 2.34. The zero-order valence-corrected chi connectivity index (χ0v) is 6.99. The molecule has 1 aromatic rings. The van der Waals surface area contributed by atoms with Crippen molar-refractivity contribution in [2.75, 3.05) is 0 Å². The number of halogens is 1. The van der Waals surface area contributed by atoms with Gasteiger partial charge in [-0.15, -0.1) is 0 Å². The number of hydrogen-bond donors (Lipinski definition) is 1. The highest BCUT2D eigenvalue weighted by molar-refractivity contribution is 5.81. The van der Waals surface area contributed by atoms with E-state index in [9.17, 15) is 9.18 Å². The van der Waals surface area contributed by atoms with Crippen LogP contribution in [0.2, 0.25) is 0 Å². The number of aromatic nitrogens is 1. The molecule has 0 fully saturated rings. The lowest BCUT2D eigenvalue weighted by Crippen LogP contribution is -2.12.